The largest absolute Gasteiger partial charge is 0.312 e. The third-order valence-electron chi connectivity index (χ3n) is 5.91. The van der Waals surface area contributed by atoms with Crippen LogP contribution in [0.1, 0.15) is 65.5 Å². The molecule has 9 nitrogen and oxygen atoms in total. The van der Waals surface area contributed by atoms with Crippen LogP contribution in [0.15, 0.2) is 36.5 Å². The van der Waals surface area contributed by atoms with E-state index < -0.39 is 4.92 Å². The molecule has 0 spiro atoms. The highest BCUT2D eigenvalue weighted by Crippen LogP contribution is 2.30. The molecule has 31 heavy (non-hydrogen) atoms. The highest BCUT2D eigenvalue weighted by atomic mass is 16.6. The van der Waals surface area contributed by atoms with Crippen LogP contribution in [0.5, 0.6) is 0 Å². The smallest absolute Gasteiger partial charge is 0.307 e. The summed E-state index contributed by atoms with van der Waals surface area (Å²) in [6.45, 7) is 3.72. The number of aromatic nitrogens is 4. The van der Waals surface area contributed by atoms with Crippen molar-refractivity contribution in [3.63, 3.8) is 0 Å². The number of carbonyl (C=O) groups excluding carboxylic acids is 1. The molecule has 0 aliphatic heterocycles. The Morgan fingerprint density at radius 2 is 1.87 bits per heavy atom. The van der Waals surface area contributed by atoms with Gasteiger partial charge in [0.2, 0.25) is 0 Å². The molecule has 1 saturated carbocycles. The maximum atomic E-state index is 12.7. The van der Waals surface area contributed by atoms with E-state index in [0.717, 1.165) is 24.2 Å². The summed E-state index contributed by atoms with van der Waals surface area (Å²) in [5, 5.41) is 22.9. The zero-order chi connectivity index (χ0) is 22.0. The number of rotatable bonds is 6. The molecule has 1 aliphatic rings. The quantitative estimate of drug-likeness (QED) is 0.468. The number of hydrogen-bond donors (Lipinski definition) is 1. The molecule has 0 bridgehead atoms. The third kappa shape index (κ3) is 4.35. The van der Waals surface area contributed by atoms with Crippen molar-refractivity contribution in [1.29, 1.82) is 0 Å². The summed E-state index contributed by atoms with van der Waals surface area (Å²) in [6, 6.07) is 9.37. The molecular formula is C22H26N6O3. The minimum atomic E-state index is -0.403. The van der Waals surface area contributed by atoms with Crippen molar-refractivity contribution in [1.82, 2.24) is 19.6 Å². The van der Waals surface area contributed by atoms with Crippen LogP contribution in [0, 0.1) is 24.0 Å². The fourth-order valence-electron chi connectivity index (χ4n) is 4.26. The van der Waals surface area contributed by atoms with Gasteiger partial charge in [0.05, 0.1) is 23.7 Å². The van der Waals surface area contributed by atoms with Gasteiger partial charge < -0.3 is 5.32 Å². The summed E-state index contributed by atoms with van der Waals surface area (Å²) in [5.41, 5.74) is 2.41. The minimum Gasteiger partial charge on any atom is -0.307 e. The topological polar surface area (TPSA) is 108 Å². The first-order chi connectivity index (χ1) is 14.9. The Morgan fingerprint density at radius 3 is 2.52 bits per heavy atom. The zero-order valence-electron chi connectivity index (χ0n) is 17.7. The maximum Gasteiger partial charge on any atom is 0.312 e. The second kappa shape index (κ2) is 8.71. The van der Waals surface area contributed by atoms with Crippen molar-refractivity contribution < 1.29 is 9.72 Å². The fourth-order valence-corrected chi connectivity index (χ4v) is 4.26. The number of nitrogens with zero attached hydrogens (tertiary/aromatic N) is 5. The van der Waals surface area contributed by atoms with Gasteiger partial charge in [0.25, 0.3) is 5.91 Å². The maximum absolute atomic E-state index is 12.7. The lowest BCUT2D eigenvalue weighted by Crippen LogP contribution is -2.20. The SMILES string of the molecule is Cc1nn(Cc2ccc(C(=O)Nc3ccnn3C3CCCCC3)cc2)c(C)c1[N+](=O)[O-]. The Morgan fingerprint density at radius 1 is 1.16 bits per heavy atom. The van der Waals surface area contributed by atoms with Crippen LogP contribution in [0.2, 0.25) is 0 Å². The lowest BCUT2D eigenvalue weighted by atomic mass is 9.96. The molecule has 162 valence electrons. The minimum absolute atomic E-state index is 0.0468. The van der Waals surface area contributed by atoms with Crippen LogP contribution < -0.4 is 5.32 Å². The van der Waals surface area contributed by atoms with E-state index in [-0.39, 0.29) is 11.6 Å². The summed E-state index contributed by atoms with van der Waals surface area (Å²) in [4.78, 5) is 23.5. The molecular weight excluding hydrogens is 396 g/mol. The van der Waals surface area contributed by atoms with Gasteiger partial charge in [-0.3, -0.25) is 19.6 Å². The van der Waals surface area contributed by atoms with E-state index in [1.54, 1.807) is 36.9 Å². The van der Waals surface area contributed by atoms with E-state index in [1.807, 2.05) is 22.9 Å². The first kappa shape index (κ1) is 20.8. The molecule has 3 aromatic rings. The van der Waals surface area contributed by atoms with Gasteiger partial charge in [0.1, 0.15) is 17.2 Å². The Balaban J connectivity index is 1.44. The molecule has 0 unspecified atom stereocenters. The Kier molecular flexibility index (Phi) is 5.83. The van der Waals surface area contributed by atoms with Gasteiger partial charge in [-0.1, -0.05) is 31.4 Å². The number of carbonyl (C=O) groups is 1. The van der Waals surface area contributed by atoms with Crippen LogP contribution in [0.4, 0.5) is 11.5 Å². The predicted octanol–water partition coefficient (Wildman–Crippen LogP) is 4.41. The van der Waals surface area contributed by atoms with Gasteiger partial charge in [0.15, 0.2) is 0 Å². The number of amides is 1. The van der Waals surface area contributed by atoms with Crippen molar-refractivity contribution in [3.05, 3.63) is 69.2 Å². The van der Waals surface area contributed by atoms with Gasteiger partial charge in [-0.15, -0.1) is 0 Å². The normalized spacial score (nSPS) is 14.5. The van der Waals surface area contributed by atoms with E-state index in [9.17, 15) is 14.9 Å². The number of anilines is 1. The number of hydrogen-bond acceptors (Lipinski definition) is 5. The molecule has 1 amide bonds. The van der Waals surface area contributed by atoms with Crippen molar-refractivity contribution in [3.8, 4) is 0 Å². The molecule has 0 atom stereocenters. The monoisotopic (exact) mass is 422 g/mol. The summed E-state index contributed by atoms with van der Waals surface area (Å²) in [7, 11) is 0. The fraction of sp³-hybridized carbons (Fsp3) is 0.409. The molecule has 1 aliphatic carbocycles. The molecule has 1 fully saturated rings. The summed E-state index contributed by atoms with van der Waals surface area (Å²) in [6.07, 6.45) is 7.54. The molecule has 0 radical (unpaired) electrons. The van der Waals surface area contributed by atoms with Crippen LogP contribution in [-0.4, -0.2) is 30.4 Å². The lowest BCUT2D eigenvalue weighted by molar-refractivity contribution is -0.386. The Hall–Kier alpha value is -3.49. The molecule has 2 aromatic heterocycles. The van der Waals surface area contributed by atoms with Crippen molar-refractivity contribution in [2.45, 2.75) is 58.5 Å². The second-order valence-electron chi connectivity index (χ2n) is 8.04. The van der Waals surface area contributed by atoms with Crippen molar-refractivity contribution >= 4 is 17.4 Å². The lowest BCUT2D eigenvalue weighted by Gasteiger charge is -2.23. The number of aryl methyl sites for hydroxylation is 1. The first-order valence-electron chi connectivity index (χ1n) is 10.6. The summed E-state index contributed by atoms with van der Waals surface area (Å²) >= 11 is 0. The average molecular weight is 422 g/mol. The van der Waals surface area contributed by atoms with Crippen LogP contribution >= 0.6 is 0 Å². The standard InChI is InChI=1S/C22H26N6O3/c1-15-21(28(30)31)16(2)26(25-15)14-17-8-10-18(11-9-17)22(29)24-20-12-13-23-27(20)19-6-4-3-5-7-19/h8-13,19H,3-7,14H2,1-2H3,(H,24,29). The van der Waals surface area contributed by atoms with E-state index in [4.69, 9.17) is 0 Å². The highest BCUT2D eigenvalue weighted by Gasteiger charge is 2.22. The number of nitro groups is 1. The third-order valence-corrected chi connectivity index (χ3v) is 5.91. The Labute approximate surface area is 180 Å². The molecule has 2 heterocycles. The Bertz CT molecular complexity index is 1090. The van der Waals surface area contributed by atoms with Crippen LogP contribution in [0.25, 0.3) is 0 Å². The van der Waals surface area contributed by atoms with Crippen molar-refractivity contribution in [2.24, 2.45) is 0 Å². The molecule has 4 rings (SSSR count). The first-order valence-corrected chi connectivity index (χ1v) is 10.6. The number of benzene rings is 1. The van der Waals surface area contributed by atoms with Crippen LogP contribution in [0.3, 0.4) is 0 Å². The van der Waals surface area contributed by atoms with E-state index in [0.29, 0.717) is 29.5 Å². The second-order valence-corrected chi connectivity index (χ2v) is 8.04. The van der Waals surface area contributed by atoms with Gasteiger partial charge in [-0.05, 0) is 44.4 Å². The summed E-state index contributed by atoms with van der Waals surface area (Å²) in [5.74, 6) is 0.529. The summed E-state index contributed by atoms with van der Waals surface area (Å²) < 4.78 is 3.55. The molecule has 9 heteroatoms. The van der Waals surface area contributed by atoms with E-state index in [2.05, 4.69) is 15.5 Å². The van der Waals surface area contributed by atoms with Gasteiger partial charge in [0, 0.05) is 11.6 Å². The van der Waals surface area contributed by atoms with Gasteiger partial charge in [-0.2, -0.15) is 10.2 Å². The predicted molar refractivity (Wildman–Crippen MR) is 116 cm³/mol. The number of nitrogens with one attached hydrogen (secondary N) is 1. The van der Waals surface area contributed by atoms with E-state index in [1.165, 1.54) is 19.3 Å². The van der Waals surface area contributed by atoms with Gasteiger partial charge in [-0.25, -0.2) is 4.68 Å². The zero-order valence-corrected chi connectivity index (χ0v) is 17.7. The highest BCUT2D eigenvalue weighted by molar-refractivity contribution is 6.03. The van der Waals surface area contributed by atoms with Crippen molar-refractivity contribution in [2.75, 3.05) is 5.32 Å². The van der Waals surface area contributed by atoms with Crippen LogP contribution in [-0.2, 0) is 6.54 Å². The van der Waals surface area contributed by atoms with E-state index >= 15 is 0 Å². The molecule has 1 N–H and O–H groups in total. The van der Waals surface area contributed by atoms with Gasteiger partial charge >= 0.3 is 5.69 Å². The molecule has 0 saturated heterocycles. The molecule has 1 aromatic carbocycles. The average Bonchev–Trinajstić information content (AvgIpc) is 3.33.